The molecular formula is C19H27N5OS. The molecule has 0 aliphatic carbocycles. The van der Waals surface area contributed by atoms with Crippen molar-refractivity contribution < 1.29 is 4.79 Å². The summed E-state index contributed by atoms with van der Waals surface area (Å²) in [5.74, 6) is 0.696. The molecule has 6 nitrogen and oxygen atoms in total. The summed E-state index contributed by atoms with van der Waals surface area (Å²) < 4.78 is 0. The Morgan fingerprint density at radius 2 is 2.00 bits per heavy atom. The summed E-state index contributed by atoms with van der Waals surface area (Å²) in [6.45, 7) is 8.67. The first kappa shape index (κ1) is 19.9. The molecule has 0 fully saturated rings. The lowest BCUT2D eigenvalue weighted by atomic mass is 10.1. The van der Waals surface area contributed by atoms with E-state index in [9.17, 15) is 4.79 Å². The van der Waals surface area contributed by atoms with E-state index in [1.165, 1.54) is 4.88 Å². The zero-order chi connectivity index (χ0) is 18.8. The number of rotatable bonds is 8. The largest absolute Gasteiger partial charge is 0.357 e. The first-order chi connectivity index (χ1) is 12.6. The lowest BCUT2D eigenvalue weighted by molar-refractivity contribution is 0.0954. The van der Waals surface area contributed by atoms with Crippen molar-refractivity contribution in [1.29, 1.82) is 0 Å². The molecule has 0 radical (unpaired) electrons. The molecule has 1 aromatic heterocycles. The van der Waals surface area contributed by atoms with E-state index in [1.54, 1.807) is 11.3 Å². The van der Waals surface area contributed by atoms with Crippen LogP contribution in [0.15, 0.2) is 35.5 Å². The molecule has 2 rings (SSSR count). The predicted octanol–water partition coefficient (Wildman–Crippen LogP) is 2.29. The van der Waals surface area contributed by atoms with Crippen molar-refractivity contribution >= 4 is 23.2 Å². The van der Waals surface area contributed by atoms with Gasteiger partial charge in [0, 0.05) is 49.2 Å². The molecule has 1 amide bonds. The Morgan fingerprint density at radius 1 is 1.19 bits per heavy atom. The number of nitrogens with one attached hydrogen (secondary N) is 3. The molecule has 0 atom stereocenters. The van der Waals surface area contributed by atoms with Crippen LogP contribution in [0.2, 0.25) is 0 Å². The fraction of sp³-hybridized carbons (Fsp3) is 0.421. The summed E-state index contributed by atoms with van der Waals surface area (Å²) >= 11 is 1.71. The molecule has 0 aliphatic heterocycles. The van der Waals surface area contributed by atoms with Crippen molar-refractivity contribution in [2.45, 2.75) is 27.2 Å². The Bertz CT molecular complexity index is 741. The number of carbonyl (C=O) groups excluding carboxylic acids is 1. The van der Waals surface area contributed by atoms with Crippen LogP contribution >= 0.6 is 11.3 Å². The highest BCUT2D eigenvalue weighted by atomic mass is 32.1. The first-order valence-electron chi connectivity index (χ1n) is 8.87. The molecule has 1 aromatic carbocycles. The molecule has 0 bridgehead atoms. The van der Waals surface area contributed by atoms with Crippen LogP contribution in [-0.4, -0.2) is 43.0 Å². The van der Waals surface area contributed by atoms with E-state index in [1.807, 2.05) is 44.3 Å². The van der Waals surface area contributed by atoms with Crippen molar-refractivity contribution in [3.8, 4) is 0 Å². The molecular weight excluding hydrogens is 346 g/mol. The van der Waals surface area contributed by atoms with E-state index in [2.05, 4.69) is 32.9 Å². The van der Waals surface area contributed by atoms with Gasteiger partial charge in [-0.15, -0.1) is 11.3 Å². The number of nitrogens with zero attached hydrogens (tertiary/aromatic N) is 2. The van der Waals surface area contributed by atoms with Crippen molar-refractivity contribution in [2.24, 2.45) is 4.99 Å². The topological polar surface area (TPSA) is 78.4 Å². The van der Waals surface area contributed by atoms with Crippen molar-refractivity contribution in [3.63, 3.8) is 0 Å². The quantitative estimate of drug-likeness (QED) is 0.377. The molecule has 26 heavy (non-hydrogen) atoms. The van der Waals surface area contributed by atoms with Crippen molar-refractivity contribution in [1.82, 2.24) is 20.9 Å². The number of aliphatic imine (C=N–C) groups is 1. The van der Waals surface area contributed by atoms with E-state index >= 15 is 0 Å². The summed E-state index contributed by atoms with van der Waals surface area (Å²) in [6.07, 6.45) is 2.73. The molecule has 0 unspecified atom stereocenters. The molecule has 3 N–H and O–H groups in total. The van der Waals surface area contributed by atoms with E-state index in [4.69, 9.17) is 0 Å². The number of thiazole rings is 1. The Hall–Kier alpha value is -2.41. The van der Waals surface area contributed by atoms with Gasteiger partial charge < -0.3 is 16.0 Å². The number of carbonyl (C=O) groups is 1. The lowest BCUT2D eigenvalue weighted by Crippen LogP contribution is -2.41. The van der Waals surface area contributed by atoms with Crippen LogP contribution in [0.3, 0.4) is 0 Å². The highest BCUT2D eigenvalue weighted by Crippen LogP contribution is 2.11. The Kier molecular flexibility index (Phi) is 8.08. The summed E-state index contributed by atoms with van der Waals surface area (Å²) in [4.78, 5) is 22.2. The number of amides is 1. The summed E-state index contributed by atoms with van der Waals surface area (Å²) in [5, 5.41) is 10.5. The number of guanidine groups is 1. The number of hydrogen-bond acceptors (Lipinski definition) is 4. The van der Waals surface area contributed by atoms with Crippen LogP contribution < -0.4 is 16.0 Å². The predicted molar refractivity (Wildman–Crippen MR) is 108 cm³/mol. The van der Waals surface area contributed by atoms with Gasteiger partial charge >= 0.3 is 0 Å². The van der Waals surface area contributed by atoms with E-state index < -0.39 is 0 Å². The van der Waals surface area contributed by atoms with Gasteiger partial charge in [-0.25, -0.2) is 4.98 Å². The van der Waals surface area contributed by atoms with Crippen LogP contribution in [0, 0.1) is 13.8 Å². The molecule has 7 heteroatoms. The van der Waals surface area contributed by atoms with Crippen LogP contribution in [0.25, 0.3) is 0 Å². The zero-order valence-corrected chi connectivity index (χ0v) is 16.4. The third-order valence-corrected chi connectivity index (χ3v) is 4.56. The van der Waals surface area contributed by atoms with Gasteiger partial charge in [-0.3, -0.25) is 9.79 Å². The smallest absolute Gasteiger partial charge is 0.251 e. The maximum Gasteiger partial charge on any atom is 0.251 e. The number of aryl methyl sites for hydroxylation is 2. The van der Waals surface area contributed by atoms with Crippen LogP contribution in [0.4, 0.5) is 0 Å². The summed E-state index contributed by atoms with van der Waals surface area (Å²) in [7, 11) is 0. The van der Waals surface area contributed by atoms with Gasteiger partial charge in [0.05, 0.1) is 5.01 Å². The van der Waals surface area contributed by atoms with E-state index in [0.29, 0.717) is 25.2 Å². The van der Waals surface area contributed by atoms with Crippen LogP contribution in [0.5, 0.6) is 0 Å². The fourth-order valence-electron chi connectivity index (χ4n) is 2.37. The SMILES string of the molecule is CCNC(=NCCc1ncc(C)s1)NCCNC(=O)c1cccc(C)c1. The fourth-order valence-corrected chi connectivity index (χ4v) is 3.14. The zero-order valence-electron chi connectivity index (χ0n) is 15.6. The lowest BCUT2D eigenvalue weighted by Gasteiger charge is -2.12. The molecule has 0 saturated heterocycles. The second-order valence-corrected chi connectivity index (χ2v) is 7.25. The number of benzene rings is 1. The first-order valence-corrected chi connectivity index (χ1v) is 9.68. The molecule has 0 saturated carbocycles. The average Bonchev–Trinajstić information content (AvgIpc) is 3.03. The second kappa shape index (κ2) is 10.6. The normalized spacial score (nSPS) is 11.3. The van der Waals surface area contributed by atoms with Gasteiger partial charge in [-0.1, -0.05) is 17.7 Å². The van der Waals surface area contributed by atoms with Crippen LogP contribution in [0.1, 0.15) is 32.7 Å². The minimum atomic E-state index is -0.0587. The summed E-state index contributed by atoms with van der Waals surface area (Å²) in [6, 6.07) is 7.57. The molecule has 140 valence electrons. The highest BCUT2D eigenvalue weighted by Gasteiger charge is 2.05. The minimum Gasteiger partial charge on any atom is -0.357 e. The van der Waals surface area contributed by atoms with Crippen LogP contribution in [-0.2, 0) is 6.42 Å². The Balaban J connectivity index is 1.73. The van der Waals surface area contributed by atoms with E-state index in [0.717, 1.165) is 29.5 Å². The molecule has 2 aromatic rings. The molecule has 1 heterocycles. The van der Waals surface area contributed by atoms with Gasteiger partial charge in [0.2, 0.25) is 0 Å². The standard InChI is InChI=1S/C19H27N5OS/c1-4-20-19(22-9-8-17-24-13-15(3)26-17)23-11-10-21-18(25)16-7-5-6-14(2)12-16/h5-7,12-13H,4,8-11H2,1-3H3,(H,21,25)(H2,20,22,23). The minimum absolute atomic E-state index is 0.0587. The van der Waals surface area contributed by atoms with Gasteiger partial charge in [-0.2, -0.15) is 0 Å². The van der Waals surface area contributed by atoms with Gasteiger partial charge in [0.1, 0.15) is 0 Å². The van der Waals surface area contributed by atoms with E-state index in [-0.39, 0.29) is 5.91 Å². The van der Waals surface area contributed by atoms with Crippen molar-refractivity contribution in [2.75, 3.05) is 26.2 Å². The third-order valence-electron chi connectivity index (χ3n) is 3.59. The Labute approximate surface area is 159 Å². The van der Waals surface area contributed by atoms with Crippen molar-refractivity contribution in [3.05, 3.63) is 51.5 Å². The van der Waals surface area contributed by atoms with Gasteiger partial charge in [0.25, 0.3) is 5.91 Å². The van der Waals surface area contributed by atoms with Gasteiger partial charge in [0.15, 0.2) is 5.96 Å². The summed E-state index contributed by atoms with van der Waals surface area (Å²) in [5.41, 5.74) is 1.76. The maximum atomic E-state index is 12.1. The number of hydrogen-bond donors (Lipinski definition) is 3. The average molecular weight is 374 g/mol. The second-order valence-electron chi connectivity index (χ2n) is 5.93. The third kappa shape index (κ3) is 6.84. The van der Waals surface area contributed by atoms with Gasteiger partial charge in [-0.05, 0) is 32.9 Å². The Morgan fingerprint density at radius 3 is 2.69 bits per heavy atom. The molecule has 0 aliphatic rings. The molecule has 0 spiro atoms. The number of aromatic nitrogens is 1. The highest BCUT2D eigenvalue weighted by molar-refractivity contribution is 7.11. The monoisotopic (exact) mass is 373 g/mol. The maximum absolute atomic E-state index is 12.1.